The second-order valence-electron chi connectivity index (χ2n) is 7.16. The summed E-state index contributed by atoms with van der Waals surface area (Å²) in [5.41, 5.74) is 4.52. The van der Waals surface area contributed by atoms with Gasteiger partial charge in [0.25, 0.3) is 5.69 Å². The van der Waals surface area contributed by atoms with Gasteiger partial charge in [-0.2, -0.15) is 0 Å². The molecule has 6 nitrogen and oxygen atoms in total. The molecule has 0 aliphatic carbocycles. The highest BCUT2D eigenvalue weighted by Crippen LogP contribution is 2.35. The maximum Gasteiger partial charge on any atom is 0.269 e. The first kappa shape index (κ1) is 19.4. The van der Waals surface area contributed by atoms with E-state index in [1.165, 1.54) is 17.7 Å². The summed E-state index contributed by atoms with van der Waals surface area (Å²) in [5, 5.41) is 10.8. The smallest absolute Gasteiger partial charge is 0.269 e. The Morgan fingerprint density at radius 2 is 1.80 bits per heavy atom. The minimum atomic E-state index is -0.468. The summed E-state index contributed by atoms with van der Waals surface area (Å²) in [6.07, 6.45) is 1.57. The molecule has 0 fully saturated rings. The number of ether oxygens (including phenoxy) is 2. The number of hydrogen-bond acceptors (Lipinski definition) is 5. The molecule has 0 radical (unpaired) electrons. The van der Waals surface area contributed by atoms with E-state index in [-0.39, 0.29) is 17.2 Å². The quantitative estimate of drug-likeness (QED) is 0.325. The molecule has 30 heavy (non-hydrogen) atoms. The molecular formula is C24H19NO5. The average Bonchev–Trinajstić information content (AvgIpc) is 3.04. The topological polar surface area (TPSA) is 78.7 Å². The van der Waals surface area contributed by atoms with Crippen molar-refractivity contribution in [3.63, 3.8) is 0 Å². The van der Waals surface area contributed by atoms with E-state index in [9.17, 15) is 14.9 Å². The van der Waals surface area contributed by atoms with E-state index >= 15 is 0 Å². The van der Waals surface area contributed by atoms with Crippen LogP contribution in [0.2, 0.25) is 0 Å². The predicted molar refractivity (Wildman–Crippen MR) is 113 cm³/mol. The zero-order valence-corrected chi connectivity index (χ0v) is 16.5. The van der Waals surface area contributed by atoms with Crippen LogP contribution in [0.15, 0.2) is 66.4 Å². The molecule has 0 bridgehead atoms. The van der Waals surface area contributed by atoms with Crippen molar-refractivity contribution in [2.45, 2.75) is 20.5 Å². The Morgan fingerprint density at radius 1 is 1.03 bits per heavy atom. The maximum atomic E-state index is 12.6. The van der Waals surface area contributed by atoms with Crippen LogP contribution < -0.4 is 9.47 Å². The molecule has 3 aromatic carbocycles. The Bertz CT molecular complexity index is 1180. The number of ketones is 1. The molecule has 1 heterocycles. The molecule has 3 aromatic rings. The van der Waals surface area contributed by atoms with E-state index in [1.807, 2.05) is 13.8 Å². The minimum Gasteiger partial charge on any atom is -0.489 e. The van der Waals surface area contributed by atoms with Crippen LogP contribution in [-0.2, 0) is 6.61 Å². The second kappa shape index (κ2) is 7.83. The molecule has 0 unspecified atom stereocenters. The van der Waals surface area contributed by atoms with Crippen LogP contribution >= 0.6 is 0 Å². The van der Waals surface area contributed by atoms with Crippen molar-refractivity contribution in [2.24, 2.45) is 0 Å². The Kier molecular flexibility index (Phi) is 5.06. The van der Waals surface area contributed by atoms with Gasteiger partial charge in [0, 0.05) is 18.2 Å². The van der Waals surface area contributed by atoms with Gasteiger partial charge in [0.05, 0.1) is 10.5 Å². The molecule has 0 atom stereocenters. The number of benzene rings is 3. The third-order valence-corrected chi connectivity index (χ3v) is 4.94. The third kappa shape index (κ3) is 3.93. The van der Waals surface area contributed by atoms with Crippen molar-refractivity contribution < 1.29 is 19.2 Å². The minimum absolute atomic E-state index is 0.00950. The average molecular weight is 401 g/mol. The summed E-state index contributed by atoms with van der Waals surface area (Å²) in [4.78, 5) is 22.9. The van der Waals surface area contributed by atoms with Gasteiger partial charge >= 0.3 is 0 Å². The van der Waals surface area contributed by atoms with Crippen molar-refractivity contribution in [3.8, 4) is 11.5 Å². The number of hydrogen-bond donors (Lipinski definition) is 0. The zero-order chi connectivity index (χ0) is 21.3. The summed E-state index contributed by atoms with van der Waals surface area (Å²) in [7, 11) is 0. The van der Waals surface area contributed by atoms with E-state index in [1.54, 1.807) is 36.4 Å². The molecule has 6 heteroatoms. The number of fused-ring (bicyclic) bond motifs is 1. The molecule has 1 aliphatic heterocycles. The number of nitro groups is 1. The predicted octanol–water partition coefficient (Wildman–Crippen LogP) is 5.41. The lowest BCUT2D eigenvalue weighted by atomic mass is 10.1. The Hall–Kier alpha value is -3.93. The van der Waals surface area contributed by atoms with E-state index in [4.69, 9.17) is 9.47 Å². The standard InChI is InChI=1S/C24H19NO5/c1-15-3-4-16(2)18(11-15)14-29-20-9-10-21-22(13-20)30-23(24(21)26)12-17-5-7-19(8-6-17)25(27)28/h3-13H,14H2,1-2H3. The van der Waals surface area contributed by atoms with Crippen LogP contribution in [0.5, 0.6) is 11.5 Å². The van der Waals surface area contributed by atoms with Gasteiger partial charge < -0.3 is 9.47 Å². The zero-order valence-electron chi connectivity index (χ0n) is 16.5. The van der Waals surface area contributed by atoms with Crippen molar-refractivity contribution in [2.75, 3.05) is 0 Å². The van der Waals surface area contributed by atoms with E-state index in [2.05, 4.69) is 18.2 Å². The molecule has 0 amide bonds. The van der Waals surface area contributed by atoms with Crippen molar-refractivity contribution in [1.82, 2.24) is 0 Å². The fourth-order valence-electron chi connectivity index (χ4n) is 3.22. The third-order valence-electron chi connectivity index (χ3n) is 4.94. The van der Waals surface area contributed by atoms with Crippen LogP contribution in [0.1, 0.15) is 32.6 Å². The molecular weight excluding hydrogens is 382 g/mol. The summed E-state index contributed by atoms with van der Waals surface area (Å²) in [6, 6.07) is 17.3. The van der Waals surface area contributed by atoms with Crippen LogP contribution in [0.4, 0.5) is 5.69 Å². The fourth-order valence-corrected chi connectivity index (χ4v) is 3.22. The SMILES string of the molecule is Cc1ccc(C)c(COc2ccc3c(c2)OC(=Cc2ccc([N+](=O)[O-])cc2)C3=O)c1. The van der Waals surface area contributed by atoms with Gasteiger partial charge in [0.15, 0.2) is 5.76 Å². The van der Waals surface area contributed by atoms with E-state index in [0.717, 1.165) is 11.1 Å². The summed E-state index contributed by atoms with van der Waals surface area (Å²) >= 11 is 0. The summed E-state index contributed by atoms with van der Waals surface area (Å²) < 4.78 is 11.6. The number of allylic oxidation sites excluding steroid dienone is 1. The number of carbonyl (C=O) groups excluding carboxylic acids is 1. The van der Waals surface area contributed by atoms with Gasteiger partial charge in [-0.3, -0.25) is 14.9 Å². The molecule has 1 aliphatic rings. The van der Waals surface area contributed by atoms with Gasteiger partial charge in [-0.1, -0.05) is 23.8 Å². The molecule has 0 saturated carbocycles. The Balaban J connectivity index is 1.50. The van der Waals surface area contributed by atoms with Crippen molar-refractivity contribution in [3.05, 3.63) is 104 Å². The van der Waals surface area contributed by atoms with Crippen LogP contribution in [-0.4, -0.2) is 10.7 Å². The monoisotopic (exact) mass is 401 g/mol. The van der Waals surface area contributed by atoms with Gasteiger partial charge in [-0.25, -0.2) is 0 Å². The van der Waals surface area contributed by atoms with Gasteiger partial charge in [-0.05, 0) is 60.9 Å². The van der Waals surface area contributed by atoms with Crippen LogP contribution in [0.3, 0.4) is 0 Å². The Morgan fingerprint density at radius 3 is 2.53 bits per heavy atom. The number of non-ortho nitro benzene ring substituents is 1. The van der Waals surface area contributed by atoms with Crippen molar-refractivity contribution >= 4 is 17.5 Å². The lowest BCUT2D eigenvalue weighted by molar-refractivity contribution is -0.384. The number of rotatable bonds is 5. The second-order valence-corrected chi connectivity index (χ2v) is 7.16. The van der Waals surface area contributed by atoms with E-state index in [0.29, 0.717) is 29.2 Å². The molecule has 0 saturated heterocycles. The highest BCUT2D eigenvalue weighted by molar-refractivity contribution is 6.14. The van der Waals surface area contributed by atoms with Crippen LogP contribution in [0.25, 0.3) is 6.08 Å². The molecule has 150 valence electrons. The molecule has 0 N–H and O–H groups in total. The number of nitro benzene ring substituents is 1. The molecule has 4 rings (SSSR count). The maximum absolute atomic E-state index is 12.6. The lowest BCUT2D eigenvalue weighted by Gasteiger charge is -2.10. The van der Waals surface area contributed by atoms with E-state index < -0.39 is 4.92 Å². The number of aryl methyl sites for hydroxylation is 2. The van der Waals surface area contributed by atoms with Gasteiger partial charge in [0.1, 0.15) is 18.1 Å². The highest BCUT2D eigenvalue weighted by atomic mass is 16.6. The summed E-state index contributed by atoms with van der Waals surface area (Å²) in [5.74, 6) is 0.987. The summed E-state index contributed by atoms with van der Waals surface area (Å²) in [6.45, 7) is 4.50. The highest BCUT2D eigenvalue weighted by Gasteiger charge is 2.27. The normalized spacial score (nSPS) is 13.8. The first-order chi connectivity index (χ1) is 14.4. The Labute approximate surface area is 173 Å². The fraction of sp³-hybridized carbons (Fsp3) is 0.125. The first-order valence-corrected chi connectivity index (χ1v) is 9.42. The van der Waals surface area contributed by atoms with Crippen molar-refractivity contribution in [1.29, 1.82) is 0 Å². The molecule has 0 aromatic heterocycles. The lowest BCUT2D eigenvalue weighted by Crippen LogP contribution is -1.99. The van der Waals surface area contributed by atoms with Gasteiger partial charge in [0.2, 0.25) is 5.78 Å². The van der Waals surface area contributed by atoms with Crippen LogP contribution in [0, 0.1) is 24.0 Å². The number of Topliss-reactive ketones (excluding diaryl/α,β-unsaturated/α-hetero) is 1. The van der Waals surface area contributed by atoms with Gasteiger partial charge in [-0.15, -0.1) is 0 Å². The number of carbonyl (C=O) groups is 1. The first-order valence-electron chi connectivity index (χ1n) is 9.42. The largest absolute Gasteiger partial charge is 0.489 e. The molecule has 0 spiro atoms. The number of nitrogens with zero attached hydrogens (tertiary/aromatic N) is 1.